The molecule has 0 amide bonds. The van der Waals surface area contributed by atoms with Crippen molar-refractivity contribution in [1.82, 2.24) is 5.32 Å². The maximum Gasteiger partial charge on any atom is 0.417 e. The van der Waals surface area contributed by atoms with Crippen molar-refractivity contribution in [1.29, 1.82) is 0 Å². The largest absolute Gasteiger partial charge is 0.478 e. The highest BCUT2D eigenvalue weighted by Gasteiger charge is 2.58. The molecule has 0 aromatic heterocycles. The molecule has 4 rings (SSSR count). The zero-order valence-electron chi connectivity index (χ0n) is 28.3. The van der Waals surface area contributed by atoms with E-state index in [2.05, 4.69) is 5.32 Å². The van der Waals surface area contributed by atoms with Crippen LogP contribution in [0, 0.1) is 17.8 Å². The van der Waals surface area contributed by atoms with Gasteiger partial charge < -0.3 is 40.2 Å². The Balaban J connectivity index is 1.96. The number of halogens is 4. The van der Waals surface area contributed by atoms with Crippen LogP contribution in [0.1, 0.15) is 56.6 Å². The molecule has 1 atom stereocenters. The fraction of sp³-hybridized carbons (Fsp3) is 0.543. The molecule has 0 radical (unpaired) electrons. The number of hydrogen-bond acceptors (Lipinski definition) is 10. The molecule has 2 fully saturated rings. The van der Waals surface area contributed by atoms with Gasteiger partial charge in [0.15, 0.2) is 0 Å². The minimum atomic E-state index is -5.09. The summed E-state index contributed by atoms with van der Waals surface area (Å²) in [4.78, 5) is 53.5. The Morgan fingerprint density at radius 2 is 1.67 bits per heavy atom. The van der Waals surface area contributed by atoms with Gasteiger partial charge in [-0.3, -0.25) is 0 Å². The number of nitrogens with two attached hydrogens (primary N) is 1. The van der Waals surface area contributed by atoms with Crippen molar-refractivity contribution >= 4 is 35.5 Å². The molecular weight excluding hydrogens is 701 g/mol. The Kier molecular flexibility index (Phi) is 13.3. The van der Waals surface area contributed by atoms with Crippen molar-refractivity contribution in [3.63, 3.8) is 0 Å². The number of alkyl halides is 3. The second kappa shape index (κ2) is 17.1. The van der Waals surface area contributed by atoms with Gasteiger partial charge in [-0.15, -0.1) is 0 Å². The molecule has 1 aliphatic heterocycles. The normalized spacial score (nSPS) is 19.6. The lowest BCUT2D eigenvalue weighted by Crippen LogP contribution is -2.49. The van der Waals surface area contributed by atoms with Gasteiger partial charge in [-0.1, -0.05) is 23.7 Å². The number of rotatable bonds is 19. The number of allylic oxidation sites excluding steroid dienone is 1. The number of dihydropyridines is 1. The van der Waals surface area contributed by atoms with E-state index >= 15 is 0 Å². The fourth-order valence-corrected chi connectivity index (χ4v) is 7.27. The van der Waals surface area contributed by atoms with Crippen LogP contribution < -0.4 is 11.1 Å². The van der Waals surface area contributed by atoms with E-state index in [1.54, 1.807) is 0 Å². The topological polar surface area (TPSA) is 184 Å². The number of aliphatic carboxylic acids is 2. The van der Waals surface area contributed by atoms with Gasteiger partial charge in [0.1, 0.15) is 0 Å². The van der Waals surface area contributed by atoms with E-state index in [1.807, 2.05) is 0 Å². The number of carbonyl (C=O) groups excluding carboxylic acids is 2. The van der Waals surface area contributed by atoms with E-state index in [9.17, 15) is 42.6 Å². The highest BCUT2D eigenvalue weighted by atomic mass is 35.5. The molecule has 1 aromatic carbocycles. The average Bonchev–Trinajstić information content (AvgIpc) is 3.99. The predicted octanol–water partition coefficient (Wildman–Crippen LogP) is 4.75. The molecule has 1 unspecified atom stereocenters. The van der Waals surface area contributed by atoms with Crippen LogP contribution in [0.5, 0.6) is 0 Å². The third-order valence-electron chi connectivity index (χ3n) is 9.22. The quantitative estimate of drug-likeness (QED) is 0.0869. The molecule has 0 spiro atoms. The minimum Gasteiger partial charge on any atom is -0.478 e. The first-order valence-electron chi connectivity index (χ1n) is 16.6. The number of esters is 2. The van der Waals surface area contributed by atoms with Crippen molar-refractivity contribution in [3.05, 3.63) is 68.5 Å². The molecule has 3 aliphatic rings. The summed E-state index contributed by atoms with van der Waals surface area (Å²) >= 11 is 6.47. The van der Waals surface area contributed by atoms with Crippen molar-refractivity contribution in [2.24, 2.45) is 23.5 Å². The van der Waals surface area contributed by atoms with Crippen LogP contribution in [0.25, 0.3) is 0 Å². The lowest BCUT2D eigenvalue weighted by Gasteiger charge is -2.43. The van der Waals surface area contributed by atoms with Crippen LogP contribution in [-0.2, 0) is 49.7 Å². The van der Waals surface area contributed by atoms with E-state index in [-0.39, 0.29) is 50.4 Å². The van der Waals surface area contributed by atoms with Gasteiger partial charge in [0.2, 0.25) is 0 Å². The summed E-state index contributed by atoms with van der Waals surface area (Å²) in [5.41, 5.74) is -2.65. The van der Waals surface area contributed by atoms with E-state index in [1.165, 1.54) is 6.92 Å². The second-order valence-corrected chi connectivity index (χ2v) is 13.0. The molecule has 1 aromatic rings. The number of carbonyl (C=O) groups is 4. The molecule has 5 N–H and O–H groups in total. The maximum absolute atomic E-state index is 14.5. The van der Waals surface area contributed by atoms with Crippen molar-refractivity contribution in [2.45, 2.75) is 57.0 Å². The number of ether oxygens (including phenoxy) is 4. The third-order valence-corrected chi connectivity index (χ3v) is 9.63. The van der Waals surface area contributed by atoms with Gasteiger partial charge in [0.05, 0.1) is 78.6 Å². The van der Waals surface area contributed by atoms with Crippen LogP contribution >= 0.6 is 11.6 Å². The smallest absolute Gasteiger partial charge is 0.417 e. The third kappa shape index (κ3) is 9.12. The number of carboxylic acids is 2. The molecule has 1 heterocycles. The predicted molar refractivity (Wildman–Crippen MR) is 176 cm³/mol. The minimum absolute atomic E-state index is 0.0551. The molecule has 51 heavy (non-hydrogen) atoms. The fourth-order valence-electron chi connectivity index (χ4n) is 6.89. The first kappa shape index (κ1) is 39.9. The molecular formula is C35H42ClF3N2O10. The lowest BCUT2D eigenvalue weighted by molar-refractivity contribution is -0.141. The Labute approximate surface area is 297 Å². The molecule has 12 nitrogen and oxygen atoms in total. The Bertz CT molecular complexity index is 1590. The van der Waals surface area contributed by atoms with Crippen molar-refractivity contribution < 1.29 is 61.5 Å². The summed E-state index contributed by atoms with van der Waals surface area (Å²) in [7, 11) is 0.931. The highest BCUT2D eigenvalue weighted by molar-refractivity contribution is 6.33. The summed E-state index contributed by atoms with van der Waals surface area (Å²) in [5.74, 6) is -4.66. The lowest BCUT2D eigenvalue weighted by atomic mass is 9.61. The average molecular weight is 743 g/mol. The summed E-state index contributed by atoms with van der Waals surface area (Å²) in [5, 5.41) is 22.3. The first-order valence-corrected chi connectivity index (χ1v) is 16.9. The van der Waals surface area contributed by atoms with Gasteiger partial charge in [0.25, 0.3) is 0 Å². The molecule has 2 aliphatic carbocycles. The van der Waals surface area contributed by atoms with Crippen LogP contribution in [0.4, 0.5) is 13.2 Å². The summed E-state index contributed by atoms with van der Waals surface area (Å²) in [6, 6.07) is 2.52. The molecule has 280 valence electrons. The molecule has 0 saturated heterocycles. The Morgan fingerprint density at radius 1 is 1.02 bits per heavy atom. The number of methoxy groups -OCH3 is 1. The number of hydrogen-bond donors (Lipinski definition) is 4. The standard InChI is InChI=1S/C35H42ClF3N2O10/c1-19-28(32(46)48-2)34(25(31(44)45)17-27(42)43,23-6-3-7-24(30(23)36)35(37,38)39)29(26(41-19)18-50-16-15-49-14-12-40)33(47)51-13-4-5-22(20-8-9-20)21-10-11-21/h3,6-7,17,20-22,41H,4-5,8-16,18,40H2,1-2H3,(H,42,43)(H,44,45)/b25-17+. The SMILES string of the molecule is COC(=O)C1=C(C)NC(COCCOCCN)=C(C(=O)OCCCC(C2CC2)C2CC2)C1(/C(=C/C(=O)O)C(=O)O)c1cccc(C(F)(F)F)c1Cl. The number of benzene rings is 1. The zero-order chi connectivity index (χ0) is 37.5. The molecule has 2 saturated carbocycles. The van der Waals surface area contributed by atoms with Gasteiger partial charge in [-0.2, -0.15) is 13.2 Å². The molecule has 16 heteroatoms. The van der Waals surface area contributed by atoms with Crippen LogP contribution in [0.2, 0.25) is 5.02 Å². The van der Waals surface area contributed by atoms with Crippen molar-refractivity contribution in [2.75, 3.05) is 46.7 Å². The Hall–Kier alpha value is -3.92. The highest BCUT2D eigenvalue weighted by Crippen LogP contribution is 2.54. The number of nitrogens with one attached hydrogen (secondary N) is 1. The van der Waals surface area contributed by atoms with Gasteiger partial charge in [0, 0.05) is 18.3 Å². The van der Waals surface area contributed by atoms with Crippen LogP contribution in [0.15, 0.2) is 52.4 Å². The first-order chi connectivity index (χ1) is 24.2. The van der Waals surface area contributed by atoms with Crippen molar-refractivity contribution in [3.8, 4) is 0 Å². The van der Waals surface area contributed by atoms with Gasteiger partial charge >= 0.3 is 30.1 Å². The summed E-state index contributed by atoms with van der Waals surface area (Å²) in [6.07, 6.45) is 0.836. The second-order valence-electron chi connectivity index (χ2n) is 12.7. The van der Waals surface area contributed by atoms with E-state index in [0.717, 1.165) is 51.3 Å². The van der Waals surface area contributed by atoms with Gasteiger partial charge in [-0.25, -0.2) is 19.2 Å². The van der Waals surface area contributed by atoms with Crippen LogP contribution in [-0.4, -0.2) is 80.8 Å². The molecule has 0 bridgehead atoms. The zero-order valence-corrected chi connectivity index (χ0v) is 29.0. The summed E-state index contributed by atoms with van der Waals surface area (Å²) in [6.45, 7) is 1.05. The Morgan fingerprint density at radius 3 is 2.22 bits per heavy atom. The number of carboxylic acid groups (broad SMARTS) is 2. The maximum atomic E-state index is 14.5. The monoisotopic (exact) mass is 742 g/mol. The van der Waals surface area contributed by atoms with E-state index < -0.39 is 74.9 Å². The van der Waals surface area contributed by atoms with E-state index in [0.29, 0.717) is 30.2 Å². The van der Waals surface area contributed by atoms with Crippen LogP contribution in [0.3, 0.4) is 0 Å². The van der Waals surface area contributed by atoms with Gasteiger partial charge in [-0.05, 0) is 74.8 Å². The summed E-state index contributed by atoms with van der Waals surface area (Å²) < 4.78 is 64.8. The van der Waals surface area contributed by atoms with E-state index in [4.69, 9.17) is 36.3 Å².